The van der Waals surface area contributed by atoms with E-state index in [0.717, 1.165) is 0 Å². The number of carboxylic acids is 1. The van der Waals surface area contributed by atoms with Gasteiger partial charge in [0.1, 0.15) is 0 Å². The van der Waals surface area contributed by atoms with Crippen LogP contribution < -0.4 is 4.72 Å². The molecule has 0 aliphatic carbocycles. The topological polar surface area (TPSA) is 66.4 Å². The number of hydrogen-bond acceptors (Lipinski definition) is 3. The zero-order valence-corrected chi connectivity index (χ0v) is 8.56. The second kappa shape index (κ2) is 4.34. The van der Waals surface area contributed by atoms with E-state index in [-0.39, 0.29) is 11.3 Å². The van der Waals surface area contributed by atoms with Crippen LogP contribution in [0.2, 0.25) is 5.02 Å². The van der Waals surface area contributed by atoms with Crippen molar-refractivity contribution in [1.29, 1.82) is 0 Å². The van der Waals surface area contributed by atoms with E-state index < -0.39 is 16.5 Å². The van der Waals surface area contributed by atoms with Crippen LogP contribution in [0.3, 0.4) is 0 Å². The zero-order valence-electron chi connectivity index (χ0n) is 6.99. The Balaban J connectivity index is 3.21. The van der Waals surface area contributed by atoms with Gasteiger partial charge in [0, 0.05) is 10.7 Å². The van der Waals surface area contributed by atoms with Crippen molar-refractivity contribution in [2.75, 3.05) is 4.72 Å². The highest BCUT2D eigenvalue weighted by atomic mass is 35.5. The molecular formula is C8H7ClNO3S-. The van der Waals surface area contributed by atoms with Crippen molar-refractivity contribution in [2.24, 2.45) is 0 Å². The molecule has 0 bridgehead atoms. The second-order valence-corrected chi connectivity index (χ2v) is 3.77. The van der Waals surface area contributed by atoms with E-state index in [0.29, 0.717) is 5.02 Å². The second-order valence-electron chi connectivity index (χ2n) is 2.44. The summed E-state index contributed by atoms with van der Waals surface area (Å²) in [7, 11) is -1.56. The Bertz CT molecular complexity index is 434. The van der Waals surface area contributed by atoms with Crippen molar-refractivity contribution >= 4 is 39.7 Å². The predicted molar refractivity (Wildman–Crippen MR) is 57.2 cm³/mol. The molecule has 6 heteroatoms. The Morgan fingerprint density at radius 3 is 2.71 bits per heavy atom. The first-order valence-electron chi connectivity index (χ1n) is 3.51. The van der Waals surface area contributed by atoms with Crippen LogP contribution in [0.5, 0.6) is 0 Å². The maximum absolute atomic E-state index is 10.7. The van der Waals surface area contributed by atoms with Gasteiger partial charge in [-0.1, -0.05) is 11.6 Å². The molecule has 0 unspecified atom stereocenters. The highest BCUT2D eigenvalue weighted by molar-refractivity contribution is 7.83. The first-order chi connectivity index (χ1) is 6.50. The van der Waals surface area contributed by atoms with Gasteiger partial charge in [0.15, 0.2) is 0 Å². The number of benzene rings is 1. The molecule has 0 saturated carbocycles. The number of aromatic carboxylic acids is 1. The van der Waals surface area contributed by atoms with Gasteiger partial charge < -0.3 is 14.0 Å². The molecule has 0 radical (unpaired) electrons. The lowest BCUT2D eigenvalue weighted by molar-refractivity contribution is 0.0698. The average molecular weight is 233 g/mol. The molecular weight excluding hydrogens is 226 g/mol. The Labute approximate surface area is 87.7 Å². The summed E-state index contributed by atoms with van der Waals surface area (Å²) in [5, 5.41) is 9.09. The van der Waals surface area contributed by atoms with Gasteiger partial charge in [0.2, 0.25) is 0 Å². The van der Waals surface area contributed by atoms with Crippen molar-refractivity contribution in [3.63, 3.8) is 0 Å². The standard InChI is InChI=1S/C8H7ClNO3S/c1-14(13)10-7-3-2-5(9)4-6(7)8(11)12/h2-4H,1H2,(H,10,13)(H,11,12)/q-1. The van der Waals surface area contributed by atoms with E-state index in [9.17, 15) is 9.00 Å². The predicted octanol–water partition coefficient (Wildman–Crippen LogP) is 1.76. The van der Waals surface area contributed by atoms with Gasteiger partial charge in [-0.05, 0) is 18.2 Å². The zero-order chi connectivity index (χ0) is 10.7. The largest absolute Gasteiger partial charge is 0.478 e. The van der Waals surface area contributed by atoms with E-state index in [4.69, 9.17) is 16.7 Å². The molecule has 0 aliphatic rings. The van der Waals surface area contributed by atoms with Gasteiger partial charge >= 0.3 is 5.97 Å². The smallest absolute Gasteiger partial charge is 0.337 e. The number of halogens is 1. The summed E-state index contributed by atoms with van der Waals surface area (Å²) in [4.78, 5) is 10.7. The highest BCUT2D eigenvalue weighted by Gasteiger charge is 2.08. The maximum atomic E-state index is 10.7. The van der Waals surface area contributed by atoms with Crippen LogP contribution in [0.15, 0.2) is 18.2 Å². The van der Waals surface area contributed by atoms with Gasteiger partial charge in [0.25, 0.3) is 0 Å². The molecule has 0 aliphatic heterocycles. The number of hydrogen-bond donors (Lipinski definition) is 2. The lowest BCUT2D eigenvalue weighted by Gasteiger charge is -2.11. The fraction of sp³-hybridized carbons (Fsp3) is 0. The van der Waals surface area contributed by atoms with Crippen molar-refractivity contribution in [3.8, 4) is 0 Å². The third-order valence-corrected chi connectivity index (χ3v) is 2.12. The number of anilines is 1. The fourth-order valence-electron chi connectivity index (χ4n) is 0.905. The molecule has 0 saturated heterocycles. The molecule has 1 aromatic rings. The molecule has 0 aromatic heterocycles. The van der Waals surface area contributed by atoms with Crippen molar-refractivity contribution in [2.45, 2.75) is 0 Å². The van der Waals surface area contributed by atoms with Gasteiger partial charge in [-0.2, -0.15) is 16.4 Å². The molecule has 1 aromatic carbocycles. The van der Waals surface area contributed by atoms with E-state index in [1.54, 1.807) is 0 Å². The molecule has 0 amide bonds. The van der Waals surface area contributed by atoms with Crippen LogP contribution in [0.25, 0.3) is 0 Å². The van der Waals surface area contributed by atoms with Crippen molar-refractivity contribution in [3.05, 3.63) is 28.8 Å². The summed E-state index contributed by atoms with van der Waals surface area (Å²) >= 11 is 5.61. The molecule has 2 N–H and O–H groups in total. The Morgan fingerprint density at radius 2 is 2.21 bits per heavy atom. The summed E-state index contributed by atoms with van der Waals surface area (Å²) in [5.41, 5.74) is 0.199. The number of carboxylic acid groups (broad SMARTS) is 1. The molecule has 14 heavy (non-hydrogen) atoms. The summed E-state index contributed by atoms with van der Waals surface area (Å²) in [6, 6.07) is 4.22. The minimum atomic E-state index is -1.56. The fourth-order valence-corrected chi connectivity index (χ4v) is 1.50. The third kappa shape index (κ3) is 2.65. The van der Waals surface area contributed by atoms with Crippen molar-refractivity contribution in [1.82, 2.24) is 0 Å². The Morgan fingerprint density at radius 1 is 1.57 bits per heavy atom. The number of carbonyl (C=O) groups is 1. The van der Waals surface area contributed by atoms with Gasteiger partial charge in [0.05, 0.1) is 5.56 Å². The van der Waals surface area contributed by atoms with E-state index in [1.807, 2.05) is 0 Å². The molecule has 0 heterocycles. The van der Waals surface area contributed by atoms with Crippen LogP contribution in [-0.4, -0.2) is 16.9 Å². The van der Waals surface area contributed by atoms with Crippen LogP contribution in [0.1, 0.15) is 10.4 Å². The van der Waals surface area contributed by atoms with Crippen LogP contribution in [0.4, 0.5) is 5.69 Å². The quantitative estimate of drug-likeness (QED) is 0.617. The average Bonchev–Trinajstić information content (AvgIpc) is 2.07. The molecule has 4 nitrogen and oxygen atoms in total. The molecule has 0 atom stereocenters. The Hall–Kier alpha value is -1.20. The van der Waals surface area contributed by atoms with E-state index in [2.05, 4.69) is 10.6 Å². The van der Waals surface area contributed by atoms with Gasteiger partial charge in [-0.3, -0.25) is 0 Å². The first kappa shape index (κ1) is 10.9. The van der Waals surface area contributed by atoms with Gasteiger partial charge in [-0.15, -0.1) is 0 Å². The maximum Gasteiger partial charge on any atom is 0.337 e. The lowest BCUT2D eigenvalue weighted by atomic mass is 10.2. The monoisotopic (exact) mass is 232 g/mol. The first-order valence-corrected chi connectivity index (χ1v) is 5.21. The normalized spacial score (nSPS) is 10.1. The van der Waals surface area contributed by atoms with Crippen molar-refractivity contribution < 1.29 is 14.1 Å². The molecule has 0 spiro atoms. The minimum Gasteiger partial charge on any atom is -0.478 e. The minimum absolute atomic E-state index is 0.0329. The van der Waals surface area contributed by atoms with Crippen LogP contribution in [0, 0.1) is 0 Å². The van der Waals surface area contributed by atoms with Crippen LogP contribution in [-0.2, 0) is 14.8 Å². The van der Waals surface area contributed by atoms with Gasteiger partial charge in [-0.25, -0.2) is 4.79 Å². The van der Waals surface area contributed by atoms with Crippen LogP contribution >= 0.6 is 11.6 Å². The highest BCUT2D eigenvalue weighted by Crippen LogP contribution is 2.20. The Kier molecular flexibility index (Phi) is 3.38. The third-order valence-electron chi connectivity index (χ3n) is 1.44. The molecule has 76 valence electrons. The van der Waals surface area contributed by atoms with E-state index >= 15 is 0 Å². The molecule has 0 fully saturated rings. The summed E-state index contributed by atoms with van der Waals surface area (Å²) in [6.45, 7) is 0. The SMILES string of the molecule is C=[S-](=O)Nc1ccc(Cl)cc1C(=O)O. The number of rotatable bonds is 3. The molecule has 1 rings (SSSR count). The lowest BCUT2D eigenvalue weighted by Crippen LogP contribution is -2.04. The summed E-state index contributed by atoms with van der Waals surface area (Å²) in [5.74, 6) is 2.05. The summed E-state index contributed by atoms with van der Waals surface area (Å²) in [6.07, 6.45) is 0. The van der Waals surface area contributed by atoms with E-state index in [1.165, 1.54) is 18.2 Å². The number of nitrogens with one attached hydrogen (secondary N) is 1. The summed E-state index contributed by atoms with van der Waals surface area (Å²) < 4.78 is 13.1.